The Hall–Kier alpha value is -1.11. The van der Waals surface area contributed by atoms with Crippen molar-refractivity contribution in [2.45, 2.75) is 38.6 Å². The molecule has 0 aromatic carbocycles. The molecule has 110 valence electrons. The van der Waals surface area contributed by atoms with Gasteiger partial charge in [0, 0.05) is 35.4 Å². The van der Waals surface area contributed by atoms with Gasteiger partial charge in [-0.25, -0.2) is 4.79 Å². The fourth-order valence-corrected chi connectivity index (χ4v) is 2.69. The molecule has 2 amide bonds. The lowest BCUT2D eigenvalue weighted by Crippen LogP contribution is -2.51. The molecule has 0 aliphatic heterocycles. The number of urea groups is 1. The predicted molar refractivity (Wildman–Crippen MR) is 73.5 cm³/mol. The Morgan fingerprint density at radius 3 is 2.47 bits per heavy atom. The molecule has 1 rings (SSSR count). The van der Waals surface area contributed by atoms with Crippen molar-refractivity contribution in [3.05, 3.63) is 0 Å². The largest absolute Gasteiger partial charge is 0.481 e. The molecule has 1 saturated carbocycles. The molecule has 2 unspecified atom stereocenters. The lowest BCUT2D eigenvalue weighted by atomic mass is 9.69. The first kappa shape index (κ1) is 15.9. The van der Waals surface area contributed by atoms with Gasteiger partial charge in [-0.3, -0.25) is 9.00 Å². The maximum absolute atomic E-state index is 11.6. The number of aliphatic carboxylic acids is 1. The molecule has 0 heterocycles. The molecular formula is C12H22N2O4S. The first-order valence-corrected chi connectivity index (χ1v) is 8.16. The molecule has 0 aromatic heterocycles. The summed E-state index contributed by atoms with van der Waals surface area (Å²) in [4.78, 5) is 22.7. The smallest absolute Gasteiger partial charge is 0.315 e. The highest BCUT2D eigenvalue weighted by Crippen LogP contribution is 2.40. The summed E-state index contributed by atoms with van der Waals surface area (Å²) in [5, 5.41) is 14.5. The van der Waals surface area contributed by atoms with E-state index in [1.54, 1.807) is 6.26 Å². The summed E-state index contributed by atoms with van der Waals surface area (Å²) in [6, 6.07) is -0.437. The van der Waals surface area contributed by atoms with Crippen LogP contribution in [0, 0.1) is 5.41 Å². The normalized spacial score (nSPS) is 19.9. The van der Waals surface area contributed by atoms with Crippen molar-refractivity contribution in [2.24, 2.45) is 5.41 Å². The van der Waals surface area contributed by atoms with E-state index in [1.807, 2.05) is 6.92 Å². The number of carboxylic acid groups (broad SMARTS) is 1. The predicted octanol–water partition coefficient (Wildman–Crippen LogP) is 0.698. The van der Waals surface area contributed by atoms with Crippen LogP contribution >= 0.6 is 0 Å². The van der Waals surface area contributed by atoms with Crippen molar-refractivity contribution < 1.29 is 18.9 Å². The summed E-state index contributed by atoms with van der Waals surface area (Å²) in [5.41, 5.74) is -0.772. The number of amides is 2. The van der Waals surface area contributed by atoms with Crippen LogP contribution in [0.3, 0.4) is 0 Å². The van der Waals surface area contributed by atoms with E-state index in [1.165, 1.54) is 0 Å². The van der Waals surface area contributed by atoms with Crippen LogP contribution in [0.5, 0.6) is 0 Å². The second-order valence-electron chi connectivity index (χ2n) is 5.23. The summed E-state index contributed by atoms with van der Waals surface area (Å²) < 4.78 is 10.9. The fourth-order valence-electron chi connectivity index (χ4n) is 2.01. The molecule has 19 heavy (non-hydrogen) atoms. The number of rotatable bonds is 7. The quantitative estimate of drug-likeness (QED) is 0.643. The SMILES string of the molecule is CC(CCS(C)=O)NC(=O)NCC1(C(=O)O)CCC1. The van der Waals surface area contributed by atoms with Gasteiger partial charge in [0.05, 0.1) is 5.41 Å². The second kappa shape index (κ2) is 6.88. The first-order valence-electron chi connectivity index (χ1n) is 6.43. The minimum absolute atomic E-state index is 0.0777. The van der Waals surface area contributed by atoms with Crippen molar-refractivity contribution in [3.63, 3.8) is 0 Å². The molecule has 0 bridgehead atoms. The molecule has 0 radical (unpaired) electrons. The van der Waals surface area contributed by atoms with Gasteiger partial charge in [-0.1, -0.05) is 6.42 Å². The van der Waals surface area contributed by atoms with E-state index in [0.717, 1.165) is 6.42 Å². The van der Waals surface area contributed by atoms with Gasteiger partial charge in [0.15, 0.2) is 0 Å². The lowest BCUT2D eigenvalue weighted by molar-refractivity contribution is -0.153. The monoisotopic (exact) mass is 290 g/mol. The number of carboxylic acids is 1. The number of hydrogen-bond donors (Lipinski definition) is 3. The van der Waals surface area contributed by atoms with Crippen molar-refractivity contribution in [3.8, 4) is 0 Å². The average molecular weight is 290 g/mol. The Balaban J connectivity index is 2.27. The average Bonchev–Trinajstić information content (AvgIpc) is 2.24. The summed E-state index contributed by atoms with van der Waals surface area (Å²) in [6.45, 7) is 2.00. The topological polar surface area (TPSA) is 95.5 Å². The second-order valence-corrected chi connectivity index (χ2v) is 6.79. The number of carbonyl (C=O) groups is 2. The molecule has 1 aliphatic rings. The molecule has 1 fully saturated rings. The molecule has 1 aliphatic carbocycles. The van der Waals surface area contributed by atoms with Gasteiger partial charge in [-0.05, 0) is 26.2 Å². The van der Waals surface area contributed by atoms with Gasteiger partial charge in [0.25, 0.3) is 0 Å². The van der Waals surface area contributed by atoms with Crippen LogP contribution in [0.25, 0.3) is 0 Å². The van der Waals surface area contributed by atoms with Gasteiger partial charge in [-0.2, -0.15) is 0 Å². The zero-order valence-corrected chi connectivity index (χ0v) is 12.2. The van der Waals surface area contributed by atoms with Crippen LogP contribution in [0.4, 0.5) is 4.79 Å². The molecule has 7 heteroatoms. The molecule has 2 atom stereocenters. The van der Waals surface area contributed by atoms with Crippen molar-refractivity contribution in [1.29, 1.82) is 0 Å². The Morgan fingerprint density at radius 2 is 2.05 bits per heavy atom. The minimum atomic E-state index is -0.867. The van der Waals surface area contributed by atoms with Gasteiger partial charge in [0.2, 0.25) is 0 Å². The summed E-state index contributed by atoms with van der Waals surface area (Å²) in [5.74, 6) is -0.297. The van der Waals surface area contributed by atoms with Crippen LogP contribution in [-0.4, -0.2) is 45.9 Å². The Morgan fingerprint density at radius 1 is 1.42 bits per heavy atom. The van der Waals surface area contributed by atoms with E-state index in [-0.39, 0.29) is 18.6 Å². The third kappa shape index (κ3) is 4.81. The van der Waals surface area contributed by atoms with Gasteiger partial charge < -0.3 is 15.7 Å². The lowest BCUT2D eigenvalue weighted by Gasteiger charge is -2.37. The van der Waals surface area contributed by atoms with Gasteiger partial charge in [0.1, 0.15) is 0 Å². The van der Waals surface area contributed by atoms with Crippen molar-refractivity contribution in [1.82, 2.24) is 10.6 Å². The van der Waals surface area contributed by atoms with Gasteiger partial charge >= 0.3 is 12.0 Å². The molecule has 0 aromatic rings. The summed E-state index contributed by atoms with van der Waals surface area (Å²) >= 11 is 0. The van der Waals surface area contributed by atoms with Crippen LogP contribution < -0.4 is 10.6 Å². The molecular weight excluding hydrogens is 268 g/mol. The third-order valence-corrected chi connectivity index (χ3v) is 4.38. The van der Waals surface area contributed by atoms with E-state index >= 15 is 0 Å². The number of hydrogen-bond acceptors (Lipinski definition) is 3. The Labute approximate surface area is 115 Å². The van der Waals surface area contributed by atoms with Crippen LogP contribution in [0.1, 0.15) is 32.6 Å². The maximum atomic E-state index is 11.6. The highest BCUT2D eigenvalue weighted by Gasteiger charge is 2.44. The highest BCUT2D eigenvalue weighted by atomic mass is 32.2. The Bertz CT molecular complexity index is 369. The molecule has 3 N–H and O–H groups in total. The van der Waals surface area contributed by atoms with Crippen LogP contribution in [0.15, 0.2) is 0 Å². The third-order valence-electron chi connectivity index (χ3n) is 3.57. The summed E-state index contributed by atoms with van der Waals surface area (Å²) in [7, 11) is -0.867. The van der Waals surface area contributed by atoms with Crippen LogP contribution in [0.2, 0.25) is 0 Å². The van der Waals surface area contributed by atoms with E-state index in [4.69, 9.17) is 5.11 Å². The maximum Gasteiger partial charge on any atom is 0.315 e. The van der Waals surface area contributed by atoms with E-state index in [9.17, 15) is 13.8 Å². The zero-order valence-electron chi connectivity index (χ0n) is 11.4. The fraction of sp³-hybridized carbons (Fsp3) is 0.833. The van der Waals surface area contributed by atoms with Crippen molar-refractivity contribution >= 4 is 22.8 Å². The molecule has 0 spiro atoms. The zero-order chi connectivity index (χ0) is 14.5. The van der Waals surface area contributed by atoms with E-state index in [2.05, 4.69) is 10.6 Å². The Kier molecular flexibility index (Phi) is 5.78. The first-order chi connectivity index (χ1) is 8.85. The van der Waals surface area contributed by atoms with Gasteiger partial charge in [-0.15, -0.1) is 0 Å². The van der Waals surface area contributed by atoms with E-state index in [0.29, 0.717) is 25.0 Å². The standard InChI is InChI=1S/C12H22N2O4S/c1-9(4-7-19(2)18)14-11(17)13-8-12(10(15)16)5-3-6-12/h9H,3-8H2,1-2H3,(H,15,16)(H2,13,14,17). The van der Waals surface area contributed by atoms with E-state index < -0.39 is 22.2 Å². The van der Waals surface area contributed by atoms with Crippen molar-refractivity contribution in [2.75, 3.05) is 18.6 Å². The molecule has 6 nitrogen and oxygen atoms in total. The number of carbonyl (C=O) groups excluding carboxylic acids is 1. The summed E-state index contributed by atoms with van der Waals surface area (Å²) in [6.07, 6.45) is 4.40. The number of nitrogens with one attached hydrogen (secondary N) is 2. The highest BCUT2D eigenvalue weighted by molar-refractivity contribution is 7.84. The molecule has 0 saturated heterocycles. The minimum Gasteiger partial charge on any atom is -0.481 e. The van der Waals surface area contributed by atoms with Crippen LogP contribution in [-0.2, 0) is 15.6 Å².